The summed E-state index contributed by atoms with van der Waals surface area (Å²) in [5.41, 5.74) is 6.08. The minimum absolute atomic E-state index is 0. The molecule has 6 heteroatoms. The van der Waals surface area contributed by atoms with E-state index in [-0.39, 0.29) is 36.8 Å². The molecule has 0 bridgehead atoms. The zero-order chi connectivity index (χ0) is 14.1. The lowest BCUT2D eigenvalue weighted by Gasteiger charge is -2.28. The zero-order valence-electron chi connectivity index (χ0n) is 13.5. The topological polar surface area (TPSA) is 58.4 Å². The Kier molecular flexibility index (Phi) is 15.1. The molecule has 0 aromatic heterocycles. The number of halogens is 2. The summed E-state index contributed by atoms with van der Waals surface area (Å²) < 4.78 is 0. The van der Waals surface area contributed by atoms with E-state index in [0.717, 1.165) is 39.0 Å². The van der Waals surface area contributed by atoms with Crippen molar-refractivity contribution in [3.05, 3.63) is 0 Å². The van der Waals surface area contributed by atoms with Gasteiger partial charge in [-0.2, -0.15) is 0 Å². The van der Waals surface area contributed by atoms with Crippen LogP contribution in [-0.2, 0) is 4.79 Å². The highest BCUT2D eigenvalue weighted by molar-refractivity contribution is 5.85. The highest BCUT2D eigenvalue weighted by Gasteiger charge is 2.23. The van der Waals surface area contributed by atoms with Gasteiger partial charge in [0.1, 0.15) is 0 Å². The van der Waals surface area contributed by atoms with Gasteiger partial charge in [0.05, 0.1) is 0 Å². The molecule has 0 heterocycles. The molecule has 0 aromatic carbocycles. The molecule has 0 aliphatic heterocycles. The Labute approximate surface area is 142 Å². The number of carbonyl (C=O) groups excluding carboxylic acids is 1. The van der Waals surface area contributed by atoms with Crippen LogP contribution in [0.5, 0.6) is 0 Å². The normalized spacial score (nSPS) is 21.3. The van der Waals surface area contributed by atoms with Crippen LogP contribution in [0.2, 0.25) is 0 Å². The predicted octanol–water partition coefficient (Wildman–Crippen LogP) is 2.59. The van der Waals surface area contributed by atoms with E-state index in [1.54, 1.807) is 0 Å². The highest BCUT2D eigenvalue weighted by Crippen LogP contribution is 2.25. The molecule has 2 atom stereocenters. The monoisotopic (exact) mass is 341 g/mol. The van der Waals surface area contributed by atoms with Crippen LogP contribution in [0.15, 0.2) is 0 Å². The van der Waals surface area contributed by atoms with Gasteiger partial charge in [0.25, 0.3) is 0 Å². The van der Waals surface area contributed by atoms with Gasteiger partial charge in [0.2, 0.25) is 5.91 Å². The van der Waals surface area contributed by atoms with Crippen molar-refractivity contribution in [2.75, 3.05) is 26.2 Å². The summed E-state index contributed by atoms with van der Waals surface area (Å²) in [4.78, 5) is 14.3. The molecule has 21 heavy (non-hydrogen) atoms. The minimum Gasteiger partial charge on any atom is -0.355 e. The minimum atomic E-state index is 0. The third kappa shape index (κ3) is 9.56. The van der Waals surface area contributed by atoms with Crippen LogP contribution in [0.3, 0.4) is 0 Å². The molecule has 3 N–H and O–H groups in total. The standard InChI is InChI=1S/C15H31N3O.2ClH/c1-3-10-18(4-2)11-9-17-15(19)12-13-7-5-6-8-14(13)16;;/h13-14H,3-12,16H2,1-2H3,(H,17,19);2*1H. The van der Waals surface area contributed by atoms with Crippen LogP contribution in [0.4, 0.5) is 0 Å². The van der Waals surface area contributed by atoms with Crippen molar-refractivity contribution in [2.45, 2.75) is 58.4 Å². The van der Waals surface area contributed by atoms with Crippen LogP contribution in [0.1, 0.15) is 52.4 Å². The maximum absolute atomic E-state index is 11.9. The second-order valence-corrected chi connectivity index (χ2v) is 5.70. The molecular formula is C15H33Cl2N3O. The first-order chi connectivity index (χ1) is 9.17. The van der Waals surface area contributed by atoms with Crippen LogP contribution in [0.25, 0.3) is 0 Å². The summed E-state index contributed by atoms with van der Waals surface area (Å²) in [7, 11) is 0. The summed E-state index contributed by atoms with van der Waals surface area (Å²) in [5.74, 6) is 0.571. The van der Waals surface area contributed by atoms with E-state index >= 15 is 0 Å². The maximum Gasteiger partial charge on any atom is 0.220 e. The van der Waals surface area contributed by atoms with E-state index in [1.165, 1.54) is 19.3 Å². The average Bonchev–Trinajstić information content (AvgIpc) is 2.40. The number of amides is 1. The van der Waals surface area contributed by atoms with Gasteiger partial charge in [-0.15, -0.1) is 24.8 Å². The molecule has 0 radical (unpaired) electrons. The van der Waals surface area contributed by atoms with Crippen molar-refractivity contribution in [1.29, 1.82) is 0 Å². The molecule has 1 aliphatic rings. The Hall–Kier alpha value is -0.0300. The number of nitrogens with zero attached hydrogens (tertiary/aromatic N) is 1. The van der Waals surface area contributed by atoms with Gasteiger partial charge in [-0.25, -0.2) is 0 Å². The Bertz CT molecular complexity index is 267. The number of carbonyl (C=O) groups is 1. The molecule has 128 valence electrons. The molecular weight excluding hydrogens is 309 g/mol. The smallest absolute Gasteiger partial charge is 0.220 e. The molecule has 2 unspecified atom stereocenters. The fourth-order valence-electron chi connectivity index (χ4n) is 2.90. The SMILES string of the molecule is CCCN(CC)CCNC(=O)CC1CCCCC1N.Cl.Cl. The number of rotatable bonds is 8. The third-order valence-corrected chi connectivity index (χ3v) is 4.15. The van der Waals surface area contributed by atoms with Gasteiger partial charge in [0, 0.05) is 25.6 Å². The quantitative estimate of drug-likeness (QED) is 0.713. The summed E-state index contributed by atoms with van der Waals surface area (Å²) in [6, 6.07) is 0.228. The second kappa shape index (κ2) is 13.6. The highest BCUT2D eigenvalue weighted by atomic mass is 35.5. The lowest BCUT2D eigenvalue weighted by Crippen LogP contribution is -2.39. The van der Waals surface area contributed by atoms with E-state index in [2.05, 4.69) is 24.1 Å². The number of nitrogens with one attached hydrogen (secondary N) is 1. The van der Waals surface area contributed by atoms with Crippen molar-refractivity contribution in [2.24, 2.45) is 11.7 Å². The summed E-state index contributed by atoms with van der Waals surface area (Å²) in [6.07, 6.45) is 6.43. The van der Waals surface area contributed by atoms with Crippen molar-refractivity contribution in [3.8, 4) is 0 Å². The van der Waals surface area contributed by atoms with Gasteiger partial charge < -0.3 is 16.0 Å². The predicted molar refractivity (Wildman–Crippen MR) is 94.5 cm³/mol. The molecule has 1 fully saturated rings. The van der Waals surface area contributed by atoms with E-state index in [4.69, 9.17) is 5.73 Å². The van der Waals surface area contributed by atoms with E-state index in [1.807, 2.05) is 0 Å². The van der Waals surface area contributed by atoms with Crippen LogP contribution < -0.4 is 11.1 Å². The van der Waals surface area contributed by atoms with Crippen LogP contribution in [-0.4, -0.2) is 43.0 Å². The molecule has 4 nitrogen and oxygen atoms in total. The summed E-state index contributed by atoms with van der Waals surface area (Å²) >= 11 is 0. The van der Waals surface area contributed by atoms with Crippen molar-refractivity contribution < 1.29 is 4.79 Å². The van der Waals surface area contributed by atoms with Crippen molar-refractivity contribution in [1.82, 2.24) is 10.2 Å². The Balaban J connectivity index is 0. The first-order valence-electron chi connectivity index (χ1n) is 7.92. The first-order valence-corrected chi connectivity index (χ1v) is 7.92. The van der Waals surface area contributed by atoms with Gasteiger partial charge >= 0.3 is 0 Å². The van der Waals surface area contributed by atoms with Gasteiger partial charge in [-0.3, -0.25) is 4.79 Å². The third-order valence-electron chi connectivity index (χ3n) is 4.15. The number of likely N-dealkylation sites (N-methyl/N-ethyl adjacent to an activating group) is 1. The van der Waals surface area contributed by atoms with E-state index in [0.29, 0.717) is 12.3 Å². The summed E-state index contributed by atoms with van der Waals surface area (Å²) in [5, 5.41) is 3.04. The molecule has 0 saturated heterocycles. The van der Waals surface area contributed by atoms with Crippen molar-refractivity contribution >= 4 is 30.7 Å². The van der Waals surface area contributed by atoms with E-state index in [9.17, 15) is 4.79 Å². The zero-order valence-corrected chi connectivity index (χ0v) is 15.1. The molecule has 1 saturated carbocycles. The lowest BCUT2D eigenvalue weighted by atomic mass is 9.83. The first kappa shape index (κ1) is 23.2. The second-order valence-electron chi connectivity index (χ2n) is 5.70. The molecule has 0 spiro atoms. The Morgan fingerprint density at radius 2 is 1.86 bits per heavy atom. The molecule has 1 aliphatic carbocycles. The molecule has 0 aromatic rings. The van der Waals surface area contributed by atoms with Gasteiger partial charge in [-0.05, 0) is 38.3 Å². The van der Waals surface area contributed by atoms with E-state index < -0.39 is 0 Å². The van der Waals surface area contributed by atoms with Crippen LogP contribution >= 0.6 is 24.8 Å². The number of nitrogens with two attached hydrogens (primary N) is 1. The molecule has 1 rings (SSSR count). The van der Waals surface area contributed by atoms with Crippen molar-refractivity contribution in [3.63, 3.8) is 0 Å². The number of hydrogen-bond donors (Lipinski definition) is 2. The number of hydrogen-bond acceptors (Lipinski definition) is 3. The van der Waals surface area contributed by atoms with Gasteiger partial charge in [-0.1, -0.05) is 26.7 Å². The summed E-state index contributed by atoms with van der Waals surface area (Å²) in [6.45, 7) is 8.22. The largest absolute Gasteiger partial charge is 0.355 e. The lowest BCUT2D eigenvalue weighted by molar-refractivity contribution is -0.122. The maximum atomic E-state index is 11.9. The van der Waals surface area contributed by atoms with Gasteiger partial charge in [0.15, 0.2) is 0 Å². The Morgan fingerprint density at radius 1 is 1.19 bits per heavy atom. The van der Waals surface area contributed by atoms with Crippen LogP contribution in [0, 0.1) is 5.92 Å². The fraction of sp³-hybridized carbons (Fsp3) is 0.933. The fourth-order valence-corrected chi connectivity index (χ4v) is 2.90. The molecule has 1 amide bonds. The average molecular weight is 342 g/mol. The Morgan fingerprint density at radius 3 is 2.43 bits per heavy atom.